The van der Waals surface area contributed by atoms with Crippen molar-refractivity contribution in [2.24, 2.45) is 5.92 Å². The first kappa shape index (κ1) is 14.1. The molecule has 1 aromatic rings. The Morgan fingerprint density at radius 2 is 2.00 bits per heavy atom. The fraction of sp³-hybridized carbons (Fsp3) is 0.429. The van der Waals surface area contributed by atoms with Crippen molar-refractivity contribution in [3.63, 3.8) is 0 Å². The molecule has 1 amide bonds. The molecule has 5 heteroatoms. The van der Waals surface area contributed by atoms with Crippen LogP contribution in [0.4, 0.5) is 0 Å². The molecule has 1 N–H and O–H groups in total. The summed E-state index contributed by atoms with van der Waals surface area (Å²) >= 11 is 3.34. The Kier molecular flexibility index (Phi) is 4.58. The van der Waals surface area contributed by atoms with Crippen LogP contribution in [0.2, 0.25) is 0 Å². The SMILES string of the molecule is O=C(O)CCC1CCN(C(=O)c2ccc(Br)cc2)C1. The summed E-state index contributed by atoms with van der Waals surface area (Å²) in [6.07, 6.45) is 1.74. The topological polar surface area (TPSA) is 57.6 Å². The number of aliphatic carboxylic acids is 1. The van der Waals surface area contributed by atoms with Crippen molar-refractivity contribution in [2.45, 2.75) is 19.3 Å². The van der Waals surface area contributed by atoms with Crippen LogP contribution >= 0.6 is 15.9 Å². The number of amides is 1. The third-order valence-electron chi connectivity index (χ3n) is 3.43. The molecule has 1 saturated heterocycles. The van der Waals surface area contributed by atoms with Gasteiger partial charge in [-0.25, -0.2) is 0 Å². The molecular weight excluding hydrogens is 310 g/mol. The maximum atomic E-state index is 12.2. The third kappa shape index (κ3) is 3.80. The summed E-state index contributed by atoms with van der Waals surface area (Å²) < 4.78 is 0.949. The van der Waals surface area contributed by atoms with Gasteiger partial charge in [0.2, 0.25) is 0 Å². The van der Waals surface area contributed by atoms with Gasteiger partial charge < -0.3 is 10.0 Å². The zero-order valence-electron chi connectivity index (χ0n) is 10.5. The lowest BCUT2D eigenvalue weighted by Gasteiger charge is -2.16. The lowest BCUT2D eigenvalue weighted by Crippen LogP contribution is -2.28. The maximum absolute atomic E-state index is 12.2. The van der Waals surface area contributed by atoms with Gasteiger partial charge in [-0.1, -0.05) is 15.9 Å². The number of likely N-dealkylation sites (tertiary alicyclic amines) is 1. The maximum Gasteiger partial charge on any atom is 0.303 e. The molecular formula is C14H16BrNO3. The minimum Gasteiger partial charge on any atom is -0.481 e. The zero-order chi connectivity index (χ0) is 13.8. The lowest BCUT2D eigenvalue weighted by atomic mass is 10.0. The van der Waals surface area contributed by atoms with E-state index in [1.54, 1.807) is 12.1 Å². The Morgan fingerprint density at radius 1 is 1.32 bits per heavy atom. The van der Waals surface area contributed by atoms with E-state index in [2.05, 4.69) is 15.9 Å². The van der Waals surface area contributed by atoms with E-state index in [4.69, 9.17) is 5.11 Å². The van der Waals surface area contributed by atoms with Crippen LogP contribution in [-0.2, 0) is 4.79 Å². The van der Waals surface area contributed by atoms with Crippen molar-refractivity contribution < 1.29 is 14.7 Å². The first-order valence-corrected chi connectivity index (χ1v) is 7.12. The summed E-state index contributed by atoms with van der Waals surface area (Å²) in [5.41, 5.74) is 0.682. The van der Waals surface area contributed by atoms with E-state index in [1.807, 2.05) is 17.0 Å². The minimum absolute atomic E-state index is 0.0327. The van der Waals surface area contributed by atoms with Gasteiger partial charge in [-0.05, 0) is 43.0 Å². The van der Waals surface area contributed by atoms with Crippen molar-refractivity contribution in [1.29, 1.82) is 0 Å². The Bertz CT molecular complexity index is 472. The van der Waals surface area contributed by atoms with Crippen LogP contribution in [0.15, 0.2) is 28.7 Å². The molecule has 0 aromatic heterocycles. The van der Waals surface area contributed by atoms with E-state index in [0.29, 0.717) is 24.4 Å². The molecule has 0 bridgehead atoms. The van der Waals surface area contributed by atoms with Crippen molar-refractivity contribution in [3.05, 3.63) is 34.3 Å². The Balaban J connectivity index is 1.91. The largest absolute Gasteiger partial charge is 0.481 e. The second kappa shape index (κ2) is 6.19. The Morgan fingerprint density at radius 3 is 2.63 bits per heavy atom. The summed E-state index contributed by atoms with van der Waals surface area (Å²) in [6.45, 7) is 1.39. The number of carbonyl (C=O) groups excluding carboxylic acids is 1. The first-order chi connectivity index (χ1) is 9.06. The molecule has 1 atom stereocenters. The summed E-state index contributed by atoms with van der Waals surface area (Å²) in [5, 5.41) is 8.67. The molecule has 1 fully saturated rings. The fourth-order valence-corrected chi connectivity index (χ4v) is 2.62. The molecule has 0 aliphatic carbocycles. The normalized spacial score (nSPS) is 18.6. The van der Waals surface area contributed by atoms with Gasteiger partial charge in [0, 0.05) is 29.5 Å². The van der Waals surface area contributed by atoms with Gasteiger partial charge in [0.05, 0.1) is 0 Å². The third-order valence-corrected chi connectivity index (χ3v) is 3.96. The number of hydrogen-bond donors (Lipinski definition) is 1. The van der Waals surface area contributed by atoms with Crippen LogP contribution in [0.25, 0.3) is 0 Å². The number of halogens is 1. The molecule has 1 aliphatic rings. The molecule has 1 heterocycles. The van der Waals surface area contributed by atoms with Crippen molar-refractivity contribution in [2.75, 3.05) is 13.1 Å². The van der Waals surface area contributed by atoms with Gasteiger partial charge in [0.1, 0.15) is 0 Å². The van der Waals surface area contributed by atoms with Crippen LogP contribution < -0.4 is 0 Å². The molecule has 0 saturated carbocycles. The summed E-state index contributed by atoms with van der Waals surface area (Å²) in [6, 6.07) is 7.31. The van der Waals surface area contributed by atoms with Gasteiger partial charge in [-0.2, -0.15) is 0 Å². The number of carboxylic acid groups (broad SMARTS) is 1. The molecule has 1 aliphatic heterocycles. The molecule has 1 unspecified atom stereocenters. The lowest BCUT2D eigenvalue weighted by molar-refractivity contribution is -0.137. The van der Waals surface area contributed by atoms with Gasteiger partial charge >= 0.3 is 5.97 Å². The summed E-state index contributed by atoms with van der Waals surface area (Å²) in [5.74, 6) is -0.418. The molecule has 102 valence electrons. The van der Waals surface area contributed by atoms with E-state index in [1.165, 1.54) is 0 Å². The van der Waals surface area contributed by atoms with E-state index < -0.39 is 5.97 Å². The van der Waals surface area contributed by atoms with Crippen molar-refractivity contribution in [3.8, 4) is 0 Å². The Hall–Kier alpha value is -1.36. The van der Waals surface area contributed by atoms with Gasteiger partial charge in [0.25, 0.3) is 5.91 Å². The smallest absolute Gasteiger partial charge is 0.303 e. The number of benzene rings is 1. The minimum atomic E-state index is -0.766. The van der Waals surface area contributed by atoms with Crippen LogP contribution in [-0.4, -0.2) is 35.0 Å². The second-order valence-corrected chi connectivity index (χ2v) is 5.76. The van der Waals surface area contributed by atoms with Crippen LogP contribution in [0.1, 0.15) is 29.6 Å². The first-order valence-electron chi connectivity index (χ1n) is 6.33. The second-order valence-electron chi connectivity index (χ2n) is 4.85. The number of nitrogens with zero attached hydrogens (tertiary/aromatic N) is 1. The highest BCUT2D eigenvalue weighted by molar-refractivity contribution is 9.10. The fourth-order valence-electron chi connectivity index (χ4n) is 2.36. The molecule has 1 aromatic carbocycles. The average Bonchev–Trinajstić information content (AvgIpc) is 2.85. The van der Waals surface area contributed by atoms with E-state index in [0.717, 1.165) is 17.4 Å². The van der Waals surface area contributed by atoms with Crippen molar-refractivity contribution in [1.82, 2.24) is 4.90 Å². The van der Waals surface area contributed by atoms with E-state index >= 15 is 0 Å². The summed E-state index contributed by atoms with van der Waals surface area (Å²) in [4.78, 5) is 24.6. The standard InChI is InChI=1S/C14H16BrNO3/c15-12-4-2-11(3-5-12)14(19)16-8-7-10(9-16)1-6-13(17)18/h2-5,10H,1,6-9H2,(H,17,18). The van der Waals surface area contributed by atoms with Gasteiger partial charge in [0.15, 0.2) is 0 Å². The molecule has 4 nitrogen and oxygen atoms in total. The Labute approximate surface area is 120 Å². The zero-order valence-corrected chi connectivity index (χ0v) is 12.1. The van der Waals surface area contributed by atoms with Crippen LogP contribution in [0.3, 0.4) is 0 Å². The molecule has 0 radical (unpaired) electrons. The highest BCUT2D eigenvalue weighted by Gasteiger charge is 2.27. The molecule has 19 heavy (non-hydrogen) atoms. The highest BCUT2D eigenvalue weighted by atomic mass is 79.9. The predicted octanol–water partition coefficient (Wildman–Crippen LogP) is 2.78. The van der Waals surface area contributed by atoms with Crippen LogP contribution in [0, 0.1) is 5.92 Å². The number of carboxylic acids is 1. The van der Waals surface area contributed by atoms with E-state index in [9.17, 15) is 9.59 Å². The monoisotopic (exact) mass is 325 g/mol. The molecule has 2 rings (SSSR count). The number of carbonyl (C=O) groups is 2. The number of hydrogen-bond acceptors (Lipinski definition) is 2. The number of rotatable bonds is 4. The van der Waals surface area contributed by atoms with Crippen LogP contribution in [0.5, 0.6) is 0 Å². The summed E-state index contributed by atoms with van der Waals surface area (Å²) in [7, 11) is 0. The molecule has 0 spiro atoms. The van der Waals surface area contributed by atoms with Gasteiger partial charge in [-0.3, -0.25) is 9.59 Å². The van der Waals surface area contributed by atoms with E-state index in [-0.39, 0.29) is 12.3 Å². The average molecular weight is 326 g/mol. The predicted molar refractivity (Wildman–Crippen MR) is 75.0 cm³/mol. The quantitative estimate of drug-likeness (QED) is 0.926. The van der Waals surface area contributed by atoms with Gasteiger partial charge in [-0.15, -0.1) is 0 Å². The van der Waals surface area contributed by atoms with Crippen molar-refractivity contribution >= 4 is 27.8 Å². The highest BCUT2D eigenvalue weighted by Crippen LogP contribution is 2.23.